The number of hydrogen-bond donors (Lipinski definition) is 2. The minimum atomic E-state index is -0.816. The Balaban J connectivity index is 0.00000155. The number of allylic oxidation sites excluding steroid dienone is 2. The largest absolute Gasteiger partial charge is 0.508 e. The van der Waals surface area contributed by atoms with Gasteiger partial charge in [-0.15, -0.1) is 0 Å². The first-order valence-corrected chi connectivity index (χ1v) is 10.6. The number of para-hydroxylation sites is 1. The molecule has 1 heterocycles. The van der Waals surface area contributed by atoms with Crippen LogP contribution in [0.1, 0.15) is 56.6 Å². The number of aliphatic carboxylic acids is 1. The Kier molecular flexibility index (Phi) is 9.87. The maximum Gasteiger partial charge on any atom is 0.303 e. The van der Waals surface area contributed by atoms with Crippen molar-refractivity contribution in [2.75, 3.05) is 6.61 Å². The molecule has 1 fully saturated rings. The SMILES string of the molecule is CC.O=C(O)CC/C=C\CC1COC(c2ccccc2Cl)OC1c1ccccc1O. The summed E-state index contributed by atoms with van der Waals surface area (Å²) < 4.78 is 12.2. The number of carboxylic acids is 1. The van der Waals surface area contributed by atoms with Gasteiger partial charge in [0.05, 0.1) is 12.7 Å². The maximum absolute atomic E-state index is 10.6. The van der Waals surface area contributed by atoms with Crippen LogP contribution < -0.4 is 0 Å². The van der Waals surface area contributed by atoms with Crippen LogP contribution in [0.15, 0.2) is 60.7 Å². The maximum atomic E-state index is 10.6. The van der Waals surface area contributed by atoms with Gasteiger partial charge in [0, 0.05) is 28.5 Å². The van der Waals surface area contributed by atoms with E-state index in [4.69, 9.17) is 26.2 Å². The fraction of sp³-hybridized carbons (Fsp3) is 0.375. The standard InChI is InChI=1S/C22H23ClO5.C2H6/c23-18-11-6-4-9-16(18)22-27-14-15(8-2-1-3-13-20(25)26)21(28-22)17-10-5-7-12-19(17)24;1-2/h1-2,4-7,9-12,15,21-22,24H,3,8,13-14H2,(H,25,26);1-2H3/b2-1-;. The smallest absolute Gasteiger partial charge is 0.303 e. The fourth-order valence-corrected chi connectivity index (χ4v) is 3.48. The van der Waals surface area contributed by atoms with Crippen molar-refractivity contribution in [2.45, 2.75) is 45.5 Å². The quantitative estimate of drug-likeness (QED) is 0.503. The summed E-state index contributed by atoms with van der Waals surface area (Å²) >= 11 is 6.29. The first-order chi connectivity index (χ1) is 14.6. The first kappa shape index (κ1) is 23.9. The van der Waals surface area contributed by atoms with E-state index in [1.165, 1.54) is 0 Å². The second-order valence-corrected chi connectivity index (χ2v) is 7.11. The molecule has 0 bridgehead atoms. The molecular formula is C24H29ClO5. The van der Waals surface area contributed by atoms with Gasteiger partial charge >= 0.3 is 5.97 Å². The molecule has 5 nitrogen and oxygen atoms in total. The van der Waals surface area contributed by atoms with Crippen molar-refractivity contribution >= 4 is 17.6 Å². The molecule has 2 N–H and O–H groups in total. The Bertz CT molecular complexity index is 836. The highest BCUT2D eigenvalue weighted by atomic mass is 35.5. The minimum absolute atomic E-state index is 0.0203. The van der Waals surface area contributed by atoms with Crippen molar-refractivity contribution in [1.29, 1.82) is 0 Å². The fourth-order valence-electron chi connectivity index (χ4n) is 3.25. The molecule has 1 saturated heterocycles. The highest BCUT2D eigenvalue weighted by molar-refractivity contribution is 6.31. The summed E-state index contributed by atoms with van der Waals surface area (Å²) in [7, 11) is 0. The number of halogens is 1. The van der Waals surface area contributed by atoms with E-state index in [2.05, 4.69) is 0 Å². The van der Waals surface area contributed by atoms with Gasteiger partial charge in [0.2, 0.25) is 0 Å². The van der Waals surface area contributed by atoms with E-state index in [-0.39, 0.29) is 24.2 Å². The molecule has 6 heteroatoms. The number of ether oxygens (including phenoxy) is 2. The van der Waals surface area contributed by atoms with Gasteiger partial charge in [-0.2, -0.15) is 0 Å². The Hall–Kier alpha value is -2.34. The number of benzene rings is 2. The Morgan fingerprint density at radius 2 is 1.77 bits per heavy atom. The summed E-state index contributed by atoms with van der Waals surface area (Å²) in [6, 6.07) is 14.5. The molecule has 1 aliphatic heterocycles. The van der Waals surface area contributed by atoms with Crippen LogP contribution >= 0.6 is 11.6 Å². The lowest BCUT2D eigenvalue weighted by atomic mass is 9.91. The van der Waals surface area contributed by atoms with Gasteiger partial charge in [-0.25, -0.2) is 0 Å². The van der Waals surface area contributed by atoms with Gasteiger partial charge in [-0.05, 0) is 25.0 Å². The van der Waals surface area contributed by atoms with Gasteiger partial charge in [0.15, 0.2) is 6.29 Å². The van der Waals surface area contributed by atoms with Gasteiger partial charge < -0.3 is 19.7 Å². The number of carbonyl (C=O) groups is 1. The van der Waals surface area contributed by atoms with Crippen molar-refractivity contribution < 1.29 is 24.5 Å². The monoisotopic (exact) mass is 432 g/mol. The third kappa shape index (κ3) is 6.59. The van der Waals surface area contributed by atoms with E-state index in [1.807, 2.05) is 56.3 Å². The summed E-state index contributed by atoms with van der Waals surface area (Å²) in [6.07, 6.45) is 4.04. The molecule has 1 aliphatic rings. The number of hydrogen-bond acceptors (Lipinski definition) is 4. The van der Waals surface area contributed by atoms with E-state index in [9.17, 15) is 9.90 Å². The van der Waals surface area contributed by atoms with E-state index in [1.54, 1.807) is 18.2 Å². The van der Waals surface area contributed by atoms with Crippen molar-refractivity contribution in [2.24, 2.45) is 5.92 Å². The van der Waals surface area contributed by atoms with Crippen LogP contribution in [0.2, 0.25) is 5.02 Å². The molecule has 30 heavy (non-hydrogen) atoms. The number of carboxylic acid groups (broad SMARTS) is 1. The Labute approximate surface area is 182 Å². The van der Waals surface area contributed by atoms with E-state index < -0.39 is 12.3 Å². The van der Waals surface area contributed by atoms with E-state index in [0.717, 1.165) is 5.56 Å². The van der Waals surface area contributed by atoms with Crippen molar-refractivity contribution in [3.8, 4) is 5.75 Å². The van der Waals surface area contributed by atoms with Crippen LogP contribution in [0.3, 0.4) is 0 Å². The number of aromatic hydroxyl groups is 1. The highest BCUT2D eigenvalue weighted by Crippen LogP contribution is 2.43. The number of phenolic OH excluding ortho intramolecular Hbond substituents is 1. The molecular weight excluding hydrogens is 404 g/mol. The molecule has 0 saturated carbocycles. The van der Waals surface area contributed by atoms with Gasteiger partial charge in [-0.3, -0.25) is 4.79 Å². The summed E-state index contributed by atoms with van der Waals surface area (Å²) in [5.74, 6) is -0.663. The Morgan fingerprint density at radius 3 is 2.43 bits per heavy atom. The van der Waals surface area contributed by atoms with Gasteiger partial charge in [0.1, 0.15) is 5.75 Å². The van der Waals surface area contributed by atoms with Gasteiger partial charge in [0.25, 0.3) is 0 Å². The Morgan fingerprint density at radius 1 is 1.10 bits per heavy atom. The van der Waals surface area contributed by atoms with Crippen LogP contribution in [-0.2, 0) is 14.3 Å². The van der Waals surface area contributed by atoms with Crippen molar-refractivity contribution in [3.05, 3.63) is 76.8 Å². The lowest BCUT2D eigenvalue weighted by Crippen LogP contribution is -2.30. The lowest BCUT2D eigenvalue weighted by molar-refractivity contribution is -0.244. The van der Waals surface area contributed by atoms with Gasteiger partial charge in [-0.1, -0.05) is 74.0 Å². The molecule has 3 unspecified atom stereocenters. The zero-order chi connectivity index (χ0) is 21.9. The van der Waals surface area contributed by atoms with Crippen LogP contribution in [0.25, 0.3) is 0 Å². The predicted molar refractivity (Wildman–Crippen MR) is 118 cm³/mol. The normalized spacial score (nSPS) is 21.1. The van der Waals surface area contributed by atoms with Crippen molar-refractivity contribution in [3.63, 3.8) is 0 Å². The summed E-state index contributed by atoms with van der Waals surface area (Å²) in [4.78, 5) is 10.6. The molecule has 0 aliphatic carbocycles. The summed E-state index contributed by atoms with van der Waals surface area (Å²) in [5.41, 5.74) is 1.45. The second-order valence-electron chi connectivity index (χ2n) is 6.70. The summed E-state index contributed by atoms with van der Waals surface area (Å²) in [5, 5.41) is 19.6. The number of rotatable bonds is 7. The van der Waals surface area contributed by atoms with Crippen LogP contribution in [0.5, 0.6) is 5.75 Å². The molecule has 0 radical (unpaired) electrons. The average Bonchev–Trinajstić information content (AvgIpc) is 2.76. The third-order valence-corrected chi connectivity index (χ3v) is 5.04. The van der Waals surface area contributed by atoms with Crippen LogP contribution in [0, 0.1) is 5.92 Å². The van der Waals surface area contributed by atoms with Crippen LogP contribution in [-0.4, -0.2) is 22.8 Å². The molecule has 3 atom stereocenters. The highest BCUT2D eigenvalue weighted by Gasteiger charge is 2.35. The van der Waals surface area contributed by atoms with Crippen LogP contribution in [0.4, 0.5) is 0 Å². The predicted octanol–water partition coefficient (Wildman–Crippen LogP) is 6.29. The third-order valence-electron chi connectivity index (χ3n) is 4.69. The molecule has 2 aromatic rings. The molecule has 0 amide bonds. The minimum Gasteiger partial charge on any atom is -0.508 e. The molecule has 0 aromatic heterocycles. The molecule has 162 valence electrons. The topological polar surface area (TPSA) is 76.0 Å². The molecule has 3 rings (SSSR count). The summed E-state index contributed by atoms with van der Waals surface area (Å²) in [6.45, 7) is 4.43. The first-order valence-electron chi connectivity index (χ1n) is 10.2. The van der Waals surface area contributed by atoms with E-state index >= 15 is 0 Å². The average molecular weight is 433 g/mol. The second kappa shape index (κ2) is 12.4. The number of phenols is 1. The lowest BCUT2D eigenvalue weighted by Gasteiger charge is -2.37. The zero-order valence-corrected chi connectivity index (χ0v) is 18.1. The van der Waals surface area contributed by atoms with E-state index in [0.29, 0.717) is 30.0 Å². The van der Waals surface area contributed by atoms with Crippen molar-refractivity contribution in [1.82, 2.24) is 0 Å². The molecule has 0 spiro atoms. The molecule has 2 aromatic carbocycles. The zero-order valence-electron chi connectivity index (χ0n) is 17.3.